The molecule has 0 saturated heterocycles. The van der Waals surface area contributed by atoms with Crippen LogP contribution in [0.2, 0.25) is 0 Å². The number of carbonyl (C=O) groups excluding carboxylic acids is 3. The van der Waals surface area contributed by atoms with Crippen molar-refractivity contribution in [3.8, 4) is 11.1 Å². The summed E-state index contributed by atoms with van der Waals surface area (Å²) in [6.45, 7) is 3.24. The summed E-state index contributed by atoms with van der Waals surface area (Å²) >= 11 is 0. The molecular weight excluding hydrogens is 548 g/mol. The van der Waals surface area contributed by atoms with Crippen molar-refractivity contribution in [2.45, 2.75) is 32.2 Å². The van der Waals surface area contributed by atoms with Crippen LogP contribution in [-0.2, 0) is 4.79 Å². The highest BCUT2D eigenvalue weighted by atomic mass is 19.3. The average molecular weight is 580 g/mol. The molecule has 5 rings (SSSR count). The Bertz CT molecular complexity index is 1680. The standard InChI is InChI=1S/C35H31F2N3O3/c1-23(2)38-32(41)22-30-29-14-8-9-15-31(29)40(21-20-35(30,36)37)34(43)25-16-18-26(19-17-25)39-33(42)28-13-7-6-12-27(28)24-10-4-3-5-11-24/h3-19,22-23H,20-21H2,1-2H3,(H,38,41)(H,39,42)/b30-22-. The van der Waals surface area contributed by atoms with Gasteiger partial charge in [0.05, 0.1) is 5.69 Å². The molecule has 3 amide bonds. The predicted octanol–water partition coefficient (Wildman–Crippen LogP) is 7.20. The van der Waals surface area contributed by atoms with Crippen LogP contribution in [0.15, 0.2) is 109 Å². The van der Waals surface area contributed by atoms with Crippen molar-refractivity contribution in [3.05, 3.63) is 126 Å². The zero-order valence-electron chi connectivity index (χ0n) is 23.8. The number of carbonyl (C=O) groups is 3. The van der Waals surface area contributed by atoms with Gasteiger partial charge in [-0.1, -0.05) is 66.7 Å². The van der Waals surface area contributed by atoms with E-state index in [1.54, 1.807) is 68.4 Å². The van der Waals surface area contributed by atoms with Crippen molar-refractivity contribution >= 4 is 34.7 Å². The minimum Gasteiger partial charge on any atom is -0.350 e. The fourth-order valence-corrected chi connectivity index (χ4v) is 5.09. The number of benzene rings is 4. The van der Waals surface area contributed by atoms with Gasteiger partial charge < -0.3 is 15.5 Å². The molecular formula is C35H31F2N3O3. The van der Waals surface area contributed by atoms with Crippen molar-refractivity contribution in [1.82, 2.24) is 5.32 Å². The molecule has 6 nitrogen and oxygen atoms in total. The van der Waals surface area contributed by atoms with E-state index in [1.165, 1.54) is 11.0 Å². The Kier molecular flexibility index (Phi) is 8.48. The zero-order valence-corrected chi connectivity index (χ0v) is 23.8. The first-order valence-corrected chi connectivity index (χ1v) is 14.0. The number of alkyl halides is 2. The van der Waals surface area contributed by atoms with Gasteiger partial charge in [-0.05, 0) is 61.4 Å². The summed E-state index contributed by atoms with van der Waals surface area (Å²) in [5.74, 6) is -4.72. The van der Waals surface area contributed by atoms with Crippen LogP contribution in [0.1, 0.15) is 46.5 Å². The molecule has 0 aromatic heterocycles. The number of fused-ring (bicyclic) bond motifs is 1. The molecule has 43 heavy (non-hydrogen) atoms. The van der Waals surface area contributed by atoms with E-state index >= 15 is 8.78 Å². The number of nitrogens with zero attached hydrogens (tertiary/aromatic N) is 1. The van der Waals surface area contributed by atoms with Gasteiger partial charge in [-0.25, -0.2) is 8.78 Å². The van der Waals surface area contributed by atoms with Crippen LogP contribution >= 0.6 is 0 Å². The molecule has 1 heterocycles. The van der Waals surface area contributed by atoms with Crippen molar-refractivity contribution in [3.63, 3.8) is 0 Å². The molecule has 1 aliphatic heterocycles. The number of hydrogen-bond donors (Lipinski definition) is 2. The SMILES string of the molecule is CC(C)NC(=O)/C=C1/c2ccccc2N(C(=O)c2ccc(NC(=O)c3ccccc3-c3ccccc3)cc2)CCC1(F)F. The number of amides is 3. The minimum atomic E-state index is -3.33. The second kappa shape index (κ2) is 12.4. The number of nitrogens with one attached hydrogen (secondary N) is 2. The fourth-order valence-electron chi connectivity index (χ4n) is 5.09. The highest BCUT2D eigenvalue weighted by molar-refractivity contribution is 6.11. The van der Waals surface area contributed by atoms with Gasteiger partial charge >= 0.3 is 0 Å². The Hall–Kier alpha value is -5.11. The second-order valence-corrected chi connectivity index (χ2v) is 10.6. The molecule has 0 fully saturated rings. The van der Waals surface area contributed by atoms with Crippen molar-refractivity contribution < 1.29 is 23.2 Å². The number of hydrogen-bond acceptors (Lipinski definition) is 3. The van der Waals surface area contributed by atoms with E-state index in [4.69, 9.17) is 0 Å². The Morgan fingerprint density at radius 2 is 1.44 bits per heavy atom. The first-order chi connectivity index (χ1) is 20.6. The van der Waals surface area contributed by atoms with E-state index in [2.05, 4.69) is 10.6 Å². The Morgan fingerprint density at radius 3 is 2.14 bits per heavy atom. The number of halogens is 2. The van der Waals surface area contributed by atoms with E-state index in [9.17, 15) is 14.4 Å². The maximum absolute atomic E-state index is 15.4. The Morgan fingerprint density at radius 1 is 0.814 bits per heavy atom. The van der Waals surface area contributed by atoms with E-state index < -0.39 is 29.7 Å². The van der Waals surface area contributed by atoms with E-state index in [0.29, 0.717) is 16.9 Å². The first-order valence-electron chi connectivity index (χ1n) is 14.0. The lowest BCUT2D eigenvalue weighted by molar-refractivity contribution is -0.117. The molecule has 218 valence electrons. The molecule has 0 saturated carbocycles. The van der Waals surface area contributed by atoms with E-state index in [-0.39, 0.29) is 29.6 Å². The predicted molar refractivity (Wildman–Crippen MR) is 165 cm³/mol. The topological polar surface area (TPSA) is 78.5 Å². The Labute approximate surface area is 249 Å². The normalized spacial score (nSPS) is 15.0. The molecule has 0 radical (unpaired) electrons. The van der Waals surface area contributed by atoms with Gasteiger partial charge in [0.15, 0.2) is 0 Å². The number of allylic oxidation sites excluding steroid dienone is 1. The van der Waals surface area contributed by atoms with Gasteiger partial charge in [0, 0.05) is 53.0 Å². The largest absolute Gasteiger partial charge is 0.350 e. The molecule has 2 N–H and O–H groups in total. The van der Waals surface area contributed by atoms with Crippen LogP contribution in [0, 0.1) is 0 Å². The average Bonchev–Trinajstić information content (AvgIpc) is 3.11. The van der Waals surface area contributed by atoms with Crippen LogP contribution in [0.3, 0.4) is 0 Å². The molecule has 0 spiro atoms. The van der Waals surface area contributed by atoms with Gasteiger partial charge in [0.1, 0.15) is 0 Å². The molecule has 0 aliphatic carbocycles. The minimum absolute atomic E-state index is 0.123. The van der Waals surface area contributed by atoms with Crippen LogP contribution in [-0.4, -0.2) is 36.2 Å². The highest BCUT2D eigenvalue weighted by Crippen LogP contribution is 2.43. The monoisotopic (exact) mass is 579 g/mol. The van der Waals surface area contributed by atoms with Crippen LogP contribution in [0.25, 0.3) is 16.7 Å². The van der Waals surface area contributed by atoms with Crippen molar-refractivity contribution in [2.75, 3.05) is 16.8 Å². The second-order valence-electron chi connectivity index (χ2n) is 10.6. The lowest BCUT2D eigenvalue weighted by Crippen LogP contribution is -2.33. The van der Waals surface area contributed by atoms with Crippen LogP contribution in [0.4, 0.5) is 20.2 Å². The van der Waals surface area contributed by atoms with Gasteiger partial charge in [-0.2, -0.15) is 0 Å². The maximum atomic E-state index is 15.4. The van der Waals surface area contributed by atoms with Crippen LogP contribution < -0.4 is 15.5 Å². The highest BCUT2D eigenvalue weighted by Gasteiger charge is 2.41. The molecule has 0 atom stereocenters. The number of para-hydroxylation sites is 1. The maximum Gasteiger partial charge on any atom is 0.275 e. The summed E-state index contributed by atoms with van der Waals surface area (Å²) in [6.07, 6.45) is 0.281. The number of rotatable bonds is 6. The molecule has 4 aromatic carbocycles. The van der Waals surface area contributed by atoms with E-state index in [1.807, 2.05) is 42.5 Å². The molecule has 0 unspecified atom stereocenters. The molecule has 4 aromatic rings. The summed E-state index contributed by atoms with van der Waals surface area (Å²) in [4.78, 5) is 40.6. The van der Waals surface area contributed by atoms with Gasteiger partial charge in [0.25, 0.3) is 17.7 Å². The first kappa shape index (κ1) is 29.4. The lowest BCUT2D eigenvalue weighted by Gasteiger charge is -2.23. The summed E-state index contributed by atoms with van der Waals surface area (Å²) < 4.78 is 30.7. The summed E-state index contributed by atoms with van der Waals surface area (Å²) in [6, 6.07) is 29.4. The summed E-state index contributed by atoms with van der Waals surface area (Å²) in [7, 11) is 0. The fraction of sp³-hybridized carbons (Fsp3) is 0.171. The molecule has 8 heteroatoms. The third-order valence-corrected chi connectivity index (χ3v) is 7.13. The summed E-state index contributed by atoms with van der Waals surface area (Å²) in [5.41, 5.74) is 2.95. The third-order valence-electron chi connectivity index (χ3n) is 7.13. The van der Waals surface area contributed by atoms with Crippen molar-refractivity contribution in [2.24, 2.45) is 0 Å². The lowest BCUT2D eigenvalue weighted by atomic mass is 9.97. The quantitative estimate of drug-likeness (QED) is 0.237. The van der Waals surface area contributed by atoms with Gasteiger partial charge in [-0.3, -0.25) is 14.4 Å². The van der Waals surface area contributed by atoms with Gasteiger partial charge in [0.2, 0.25) is 5.91 Å². The molecule has 1 aliphatic rings. The number of anilines is 2. The smallest absolute Gasteiger partial charge is 0.275 e. The van der Waals surface area contributed by atoms with Crippen molar-refractivity contribution in [1.29, 1.82) is 0 Å². The Balaban J connectivity index is 1.38. The van der Waals surface area contributed by atoms with E-state index in [0.717, 1.165) is 17.2 Å². The summed E-state index contributed by atoms with van der Waals surface area (Å²) in [5, 5.41) is 5.50. The molecule has 0 bridgehead atoms. The zero-order chi connectivity index (χ0) is 30.6. The third kappa shape index (κ3) is 6.54. The van der Waals surface area contributed by atoms with Crippen LogP contribution in [0.5, 0.6) is 0 Å². The van der Waals surface area contributed by atoms with Gasteiger partial charge in [-0.15, -0.1) is 0 Å².